The summed E-state index contributed by atoms with van der Waals surface area (Å²) in [5, 5.41) is 3.64. The monoisotopic (exact) mass is 370 g/mol. The van der Waals surface area contributed by atoms with Crippen molar-refractivity contribution in [3.05, 3.63) is 58.6 Å². The topological polar surface area (TPSA) is 41.6 Å². The molecular weight excluding hydrogens is 348 g/mol. The molecule has 1 fully saturated rings. The first-order valence-corrected chi connectivity index (χ1v) is 9.55. The quantitative estimate of drug-likeness (QED) is 0.865. The Morgan fingerprint density at radius 2 is 1.96 bits per heavy atom. The highest BCUT2D eigenvalue weighted by Gasteiger charge is 2.39. The number of hydrogen-bond donors (Lipinski definition) is 1. The zero-order valence-corrected chi connectivity index (χ0v) is 15.6. The third-order valence-electron chi connectivity index (χ3n) is 5.25. The molecule has 0 saturated carbocycles. The molecule has 0 bridgehead atoms. The number of carbonyl (C=O) groups excluding carboxylic acids is 1. The zero-order chi connectivity index (χ0) is 18.1. The van der Waals surface area contributed by atoms with E-state index in [1.165, 1.54) is 30.9 Å². The van der Waals surface area contributed by atoms with Gasteiger partial charge in [-0.2, -0.15) is 0 Å². The second kappa shape index (κ2) is 7.29. The Morgan fingerprint density at radius 3 is 2.73 bits per heavy atom. The molecule has 0 unspecified atom stereocenters. The maximum absolute atomic E-state index is 11.3. The van der Waals surface area contributed by atoms with E-state index in [1.807, 2.05) is 36.4 Å². The lowest BCUT2D eigenvalue weighted by Gasteiger charge is -2.30. The van der Waals surface area contributed by atoms with Crippen LogP contribution in [0.15, 0.2) is 42.5 Å². The van der Waals surface area contributed by atoms with E-state index in [2.05, 4.69) is 16.3 Å². The Labute approximate surface area is 159 Å². The lowest BCUT2D eigenvalue weighted by atomic mass is 10.1. The maximum atomic E-state index is 11.3. The van der Waals surface area contributed by atoms with E-state index < -0.39 is 0 Å². The number of fused-ring (bicyclic) bond motifs is 1. The Hall–Kier alpha value is -2.04. The van der Waals surface area contributed by atoms with Crippen LogP contribution in [0.3, 0.4) is 0 Å². The van der Waals surface area contributed by atoms with E-state index in [9.17, 15) is 4.79 Å². The molecule has 1 aliphatic carbocycles. The zero-order valence-electron chi connectivity index (χ0n) is 14.9. The number of carbonyl (C=O) groups is 1. The summed E-state index contributed by atoms with van der Waals surface area (Å²) in [5.74, 6) is 0.674. The molecule has 1 saturated heterocycles. The lowest BCUT2D eigenvalue weighted by molar-refractivity contribution is -0.114. The minimum absolute atomic E-state index is 0.0469. The van der Waals surface area contributed by atoms with Crippen molar-refractivity contribution in [3.63, 3.8) is 0 Å². The van der Waals surface area contributed by atoms with Crippen molar-refractivity contribution in [2.45, 2.75) is 38.3 Å². The van der Waals surface area contributed by atoms with Gasteiger partial charge in [0.25, 0.3) is 0 Å². The van der Waals surface area contributed by atoms with Crippen LogP contribution < -0.4 is 10.1 Å². The second-order valence-corrected chi connectivity index (χ2v) is 7.48. The number of benzene rings is 2. The van der Waals surface area contributed by atoms with Crippen molar-refractivity contribution >= 4 is 23.2 Å². The fraction of sp³-hybridized carbons (Fsp3) is 0.381. The molecule has 0 aromatic heterocycles. The summed E-state index contributed by atoms with van der Waals surface area (Å²) >= 11 is 6.47. The number of ether oxygens (including phenoxy) is 1. The van der Waals surface area contributed by atoms with Gasteiger partial charge in [0.15, 0.2) is 0 Å². The molecule has 2 aliphatic rings. The van der Waals surface area contributed by atoms with E-state index in [-0.39, 0.29) is 12.0 Å². The van der Waals surface area contributed by atoms with E-state index in [0.717, 1.165) is 36.0 Å². The van der Waals surface area contributed by atoms with Crippen molar-refractivity contribution in [1.82, 2.24) is 4.90 Å². The molecular formula is C21H23ClN2O2. The predicted molar refractivity (Wildman–Crippen MR) is 104 cm³/mol. The summed E-state index contributed by atoms with van der Waals surface area (Å²) in [5.41, 5.74) is 3.13. The molecule has 4 rings (SSSR count). The number of anilines is 1. The lowest BCUT2D eigenvalue weighted by Crippen LogP contribution is -2.38. The third kappa shape index (κ3) is 3.44. The summed E-state index contributed by atoms with van der Waals surface area (Å²) < 4.78 is 6.45. The molecule has 136 valence electrons. The van der Waals surface area contributed by atoms with Gasteiger partial charge in [0, 0.05) is 23.7 Å². The highest BCUT2D eigenvalue weighted by atomic mass is 35.5. The molecule has 2 aromatic carbocycles. The maximum Gasteiger partial charge on any atom is 0.221 e. The number of nitrogens with zero attached hydrogens (tertiary/aromatic N) is 1. The minimum Gasteiger partial charge on any atom is -0.484 e. The predicted octanol–water partition coefficient (Wildman–Crippen LogP) is 4.44. The Balaban J connectivity index is 1.64. The van der Waals surface area contributed by atoms with Crippen LogP contribution in [-0.4, -0.2) is 29.9 Å². The van der Waals surface area contributed by atoms with Gasteiger partial charge < -0.3 is 10.1 Å². The van der Waals surface area contributed by atoms with Crippen LogP contribution in [-0.2, 0) is 11.2 Å². The number of nitrogens with one attached hydrogen (secondary N) is 1. The van der Waals surface area contributed by atoms with Gasteiger partial charge in [-0.1, -0.05) is 29.8 Å². The van der Waals surface area contributed by atoms with Crippen molar-refractivity contribution in [3.8, 4) is 5.75 Å². The summed E-state index contributed by atoms with van der Waals surface area (Å²) in [6.45, 7) is 3.73. The van der Waals surface area contributed by atoms with E-state index >= 15 is 0 Å². The fourth-order valence-corrected chi connectivity index (χ4v) is 4.37. The first-order chi connectivity index (χ1) is 12.6. The first-order valence-electron chi connectivity index (χ1n) is 9.17. The molecule has 0 radical (unpaired) electrons. The molecule has 4 nitrogen and oxygen atoms in total. The number of hydrogen-bond acceptors (Lipinski definition) is 3. The van der Waals surface area contributed by atoms with Gasteiger partial charge in [-0.25, -0.2) is 0 Å². The van der Waals surface area contributed by atoms with Gasteiger partial charge in [-0.05, 0) is 61.7 Å². The van der Waals surface area contributed by atoms with Crippen LogP contribution in [0, 0.1) is 0 Å². The molecule has 2 aromatic rings. The average molecular weight is 371 g/mol. The molecule has 26 heavy (non-hydrogen) atoms. The van der Waals surface area contributed by atoms with Crippen molar-refractivity contribution in [2.24, 2.45) is 0 Å². The standard InChI is InChI=1S/C21H23ClN2O2/c1-14(25)23-15-6-4-7-16(12-15)26-21-17-8-5-9-19(22)18(17)13-20(21)24-10-2-3-11-24/h4-9,12,20-21H,2-3,10-11,13H2,1H3,(H,23,25)/t20-,21-/m0/s1. The minimum atomic E-state index is -0.0879. The molecule has 1 heterocycles. The summed E-state index contributed by atoms with van der Waals surface area (Å²) in [7, 11) is 0. The second-order valence-electron chi connectivity index (χ2n) is 7.07. The average Bonchev–Trinajstić information content (AvgIpc) is 3.24. The van der Waals surface area contributed by atoms with Gasteiger partial charge >= 0.3 is 0 Å². The third-order valence-corrected chi connectivity index (χ3v) is 5.61. The van der Waals surface area contributed by atoms with Crippen LogP contribution in [0.4, 0.5) is 5.69 Å². The molecule has 5 heteroatoms. The van der Waals surface area contributed by atoms with Gasteiger partial charge in [-0.15, -0.1) is 0 Å². The number of amides is 1. The normalized spacial score (nSPS) is 22.2. The SMILES string of the molecule is CC(=O)Nc1cccc(O[C@H]2c3cccc(Cl)c3C[C@@H]2N2CCCC2)c1. The smallest absolute Gasteiger partial charge is 0.221 e. The Morgan fingerprint density at radius 1 is 1.19 bits per heavy atom. The molecule has 1 aliphatic heterocycles. The van der Waals surface area contributed by atoms with Crippen LogP contribution in [0.25, 0.3) is 0 Å². The molecule has 2 atom stereocenters. The van der Waals surface area contributed by atoms with Crippen molar-refractivity contribution in [1.29, 1.82) is 0 Å². The molecule has 1 amide bonds. The molecule has 1 N–H and O–H groups in total. The molecule has 0 spiro atoms. The fourth-order valence-electron chi connectivity index (χ4n) is 4.11. The summed E-state index contributed by atoms with van der Waals surface area (Å²) in [6, 6.07) is 14.0. The highest BCUT2D eigenvalue weighted by Crippen LogP contribution is 2.42. The van der Waals surface area contributed by atoms with Crippen LogP contribution in [0.5, 0.6) is 5.75 Å². The number of likely N-dealkylation sites (tertiary alicyclic amines) is 1. The largest absolute Gasteiger partial charge is 0.484 e. The first kappa shape index (κ1) is 17.4. The summed E-state index contributed by atoms with van der Waals surface area (Å²) in [4.78, 5) is 13.8. The number of halogens is 1. The van der Waals surface area contributed by atoms with Gasteiger partial charge in [-0.3, -0.25) is 9.69 Å². The Kier molecular flexibility index (Phi) is 4.88. The Bertz CT molecular complexity index is 817. The van der Waals surface area contributed by atoms with Crippen molar-refractivity contribution in [2.75, 3.05) is 18.4 Å². The van der Waals surface area contributed by atoms with Crippen molar-refractivity contribution < 1.29 is 9.53 Å². The van der Waals surface area contributed by atoms with Gasteiger partial charge in [0.2, 0.25) is 5.91 Å². The van der Waals surface area contributed by atoms with E-state index in [4.69, 9.17) is 16.3 Å². The van der Waals surface area contributed by atoms with Crippen LogP contribution in [0.1, 0.15) is 37.0 Å². The number of rotatable bonds is 4. The summed E-state index contributed by atoms with van der Waals surface area (Å²) in [6.07, 6.45) is 3.36. The highest BCUT2D eigenvalue weighted by molar-refractivity contribution is 6.31. The van der Waals surface area contributed by atoms with Gasteiger partial charge in [0.1, 0.15) is 11.9 Å². The van der Waals surface area contributed by atoms with Crippen LogP contribution in [0.2, 0.25) is 5.02 Å². The van der Waals surface area contributed by atoms with E-state index in [1.54, 1.807) is 0 Å². The van der Waals surface area contributed by atoms with Gasteiger partial charge in [0.05, 0.1) is 6.04 Å². The van der Waals surface area contributed by atoms with E-state index in [0.29, 0.717) is 6.04 Å². The van der Waals surface area contributed by atoms with Crippen LogP contribution >= 0.6 is 11.6 Å².